The number of hydrogen-bond donors (Lipinski definition) is 1. The summed E-state index contributed by atoms with van der Waals surface area (Å²) in [6.45, 7) is 5.37. The Morgan fingerprint density at radius 2 is 1.64 bits per heavy atom. The third-order valence-electron chi connectivity index (χ3n) is 3.45. The average molecular weight is 340 g/mol. The van der Waals surface area contributed by atoms with Crippen LogP contribution in [-0.2, 0) is 0 Å². The Morgan fingerprint density at radius 3 is 2.28 bits per heavy atom. The minimum Gasteiger partial charge on any atom is -0.494 e. The van der Waals surface area contributed by atoms with E-state index in [0.717, 1.165) is 36.5 Å². The molecule has 1 N–H and O–H groups in total. The maximum absolute atomic E-state index is 12.0. The van der Waals surface area contributed by atoms with Gasteiger partial charge in [-0.25, -0.2) is 5.43 Å². The maximum atomic E-state index is 12.0. The molecule has 132 valence electrons. The number of amides is 1. The minimum atomic E-state index is -0.265. The molecule has 0 aliphatic heterocycles. The second-order valence-corrected chi connectivity index (χ2v) is 5.43. The summed E-state index contributed by atoms with van der Waals surface area (Å²) in [6, 6.07) is 14.5. The fraction of sp³-hybridized carbons (Fsp3) is 0.300. The lowest BCUT2D eigenvalue weighted by atomic mass is 10.2. The molecule has 0 heterocycles. The van der Waals surface area contributed by atoms with E-state index in [4.69, 9.17) is 9.47 Å². The number of benzene rings is 2. The molecule has 5 heteroatoms. The Bertz CT molecular complexity index is 679. The molecule has 5 nitrogen and oxygen atoms in total. The van der Waals surface area contributed by atoms with Crippen molar-refractivity contribution in [2.75, 3.05) is 13.2 Å². The highest BCUT2D eigenvalue weighted by molar-refractivity contribution is 5.95. The van der Waals surface area contributed by atoms with Gasteiger partial charge in [0.05, 0.1) is 19.4 Å². The normalized spacial score (nSPS) is 10.6. The van der Waals surface area contributed by atoms with Gasteiger partial charge < -0.3 is 9.47 Å². The summed E-state index contributed by atoms with van der Waals surface area (Å²) in [4.78, 5) is 12.0. The van der Waals surface area contributed by atoms with Crippen LogP contribution < -0.4 is 14.9 Å². The lowest BCUT2D eigenvalue weighted by Crippen LogP contribution is -2.17. The number of rotatable bonds is 9. The SMILES string of the molecule is CCCCOc1ccc(C=NNC(=O)c2ccc(OCC)cc2)cc1. The Balaban J connectivity index is 1.84. The fourth-order valence-electron chi connectivity index (χ4n) is 2.08. The summed E-state index contributed by atoms with van der Waals surface area (Å²) >= 11 is 0. The lowest BCUT2D eigenvalue weighted by molar-refractivity contribution is 0.0955. The van der Waals surface area contributed by atoms with Gasteiger partial charge >= 0.3 is 0 Å². The van der Waals surface area contributed by atoms with Crippen LogP contribution in [0.5, 0.6) is 11.5 Å². The van der Waals surface area contributed by atoms with E-state index in [2.05, 4.69) is 17.5 Å². The number of carbonyl (C=O) groups is 1. The zero-order valence-electron chi connectivity index (χ0n) is 14.7. The number of nitrogens with one attached hydrogen (secondary N) is 1. The monoisotopic (exact) mass is 340 g/mol. The van der Waals surface area contributed by atoms with Crippen molar-refractivity contribution in [3.8, 4) is 11.5 Å². The van der Waals surface area contributed by atoms with E-state index in [9.17, 15) is 4.79 Å². The van der Waals surface area contributed by atoms with Crippen molar-refractivity contribution in [3.05, 3.63) is 59.7 Å². The van der Waals surface area contributed by atoms with Crippen molar-refractivity contribution >= 4 is 12.1 Å². The first-order valence-corrected chi connectivity index (χ1v) is 8.52. The number of hydrogen-bond acceptors (Lipinski definition) is 4. The van der Waals surface area contributed by atoms with Gasteiger partial charge in [0.2, 0.25) is 0 Å². The van der Waals surface area contributed by atoms with Crippen LogP contribution in [0.2, 0.25) is 0 Å². The van der Waals surface area contributed by atoms with Gasteiger partial charge in [-0.3, -0.25) is 4.79 Å². The second-order valence-electron chi connectivity index (χ2n) is 5.43. The van der Waals surface area contributed by atoms with Crippen molar-refractivity contribution in [2.24, 2.45) is 5.10 Å². The molecule has 0 atom stereocenters. The van der Waals surface area contributed by atoms with Crippen molar-refractivity contribution in [1.29, 1.82) is 0 Å². The second kappa shape index (κ2) is 10.1. The summed E-state index contributed by atoms with van der Waals surface area (Å²) in [5.41, 5.74) is 3.93. The van der Waals surface area contributed by atoms with E-state index >= 15 is 0 Å². The van der Waals surface area contributed by atoms with Gasteiger partial charge in [0.15, 0.2) is 0 Å². The largest absolute Gasteiger partial charge is 0.494 e. The Labute approximate surface area is 148 Å². The molecule has 0 saturated heterocycles. The van der Waals surface area contributed by atoms with E-state index in [1.54, 1.807) is 30.5 Å². The molecule has 2 aromatic rings. The Hall–Kier alpha value is -2.82. The van der Waals surface area contributed by atoms with Gasteiger partial charge in [0.1, 0.15) is 11.5 Å². The summed E-state index contributed by atoms with van der Waals surface area (Å²) < 4.78 is 11.0. The molecule has 0 unspecified atom stereocenters. The third kappa shape index (κ3) is 6.30. The standard InChI is InChI=1S/C20H24N2O3/c1-3-5-14-25-19-10-6-16(7-11-19)15-21-22-20(23)17-8-12-18(13-9-17)24-4-2/h6-13,15H,3-5,14H2,1-2H3,(H,22,23). The summed E-state index contributed by atoms with van der Waals surface area (Å²) in [5.74, 6) is 1.31. The van der Waals surface area contributed by atoms with E-state index in [1.807, 2.05) is 31.2 Å². The molecule has 0 saturated carbocycles. The van der Waals surface area contributed by atoms with Crippen LogP contribution >= 0.6 is 0 Å². The molecule has 0 fully saturated rings. The first kappa shape index (κ1) is 18.5. The van der Waals surface area contributed by atoms with E-state index < -0.39 is 0 Å². The van der Waals surface area contributed by atoms with E-state index in [-0.39, 0.29) is 5.91 Å². The van der Waals surface area contributed by atoms with Crippen LogP contribution in [0.15, 0.2) is 53.6 Å². The first-order chi connectivity index (χ1) is 12.2. The molecule has 0 aliphatic carbocycles. The zero-order valence-corrected chi connectivity index (χ0v) is 14.7. The van der Waals surface area contributed by atoms with Gasteiger partial charge in [0.25, 0.3) is 5.91 Å². The molecule has 0 aromatic heterocycles. The van der Waals surface area contributed by atoms with Crippen molar-refractivity contribution in [1.82, 2.24) is 5.43 Å². The van der Waals surface area contributed by atoms with Gasteiger partial charge in [0, 0.05) is 5.56 Å². The lowest BCUT2D eigenvalue weighted by Gasteiger charge is -2.05. The molecule has 2 rings (SSSR count). The molecule has 0 radical (unpaired) electrons. The van der Waals surface area contributed by atoms with Gasteiger partial charge in [-0.2, -0.15) is 5.10 Å². The first-order valence-electron chi connectivity index (χ1n) is 8.52. The van der Waals surface area contributed by atoms with Crippen molar-refractivity contribution in [2.45, 2.75) is 26.7 Å². The predicted octanol–water partition coefficient (Wildman–Crippen LogP) is 4.03. The quantitative estimate of drug-likeness (QED) is 0.426. The number of unbranched alkanes of at least 4 members (excludes halogenated alkanes) is 1. The predicted molar refractivity (Wildman–Crippen MR) is 99.5 cm³/mol. The molecule has 0 spiro atoms. The molecule has 1 amide bonds. The molecule has 25 heavy (non-hydrogen) atoms. The van der Waals surface area contributed by atoms with Crippen molar-refractivity contribution in [3.63, 3.8) is 0 Å². The summed E-state index contributed by atoms with van der Waals surface area (Å²) in [6.07, 6.45) is 3.75. The highest BCUT2D eigenvalue weighted by atomic mass is 16.5. The van der Waals surface area contributed by atoms with Gasteiger partial charge in [-0.15, -0.1) is 0 Å². The van der Waals surface area contributed by atoms with Crippen LogP contribution in [0.1, 0.15) is 42.6 Å². The highest BCUT2D eigenvalue weighted by Crippen LogP contribution is 2.13. The topological polar surface area (TPSA) is 59.9 Å². The van der Waals surface area contributed by atoms with Gasteiger partial charge in [-0.05, 0) is 67.4 Å². The average Bonchev–Trinajstić information content (AvgIpc) is 2.64. The third-order valence-corrected chi connectivity index (χ3v) is 3.45. The van der Waals surface area contributed by atoms with Crippen LogP contribution in [-0.4, -0.2) is 25.3 Å². The summed E-state index contributed by atoms with van der Waals surface area (Å²) in [7, 11) is 0. The molecule has 0 bridgehead atoms. The van der Waals surface area contributed by atoms with Crippen LogP contribution in [0.25, 0.3) is 0 Å². The zero-order chi connectivity index (χ0) is 17.9. The number of hydrazone groups is 1. The molecular weight excluding hydrogens is 316 g/mol. The van der Waals surface area contributed by atoms with E-state index in [0.29, 0.717) is 12.2 Å². The maximum Gasteiger partial charge on any atom is 0.271 e. The van der Waals surface area contributed by atoms with Crippen LogP contribution in [0, 0.1) is 0 Å². The minimum absolute atomic E-state index is 0.265. The molecule has 2 aromatic carbocycles. The van der Waals surface area contributed by atoms with Crippen molar-refractivity contribution < 1.29 is 14.3 Å². The molecular formula is C20H24N2O3. The highest BCUT2D eigenvalue weighted by Gasteiger charge is 2.04. The van der Waals surface area contributed by atoms with Gasteiger partial charge in [-0.1, -0.05) is 13.3 Å². The van der Waals surface area contributed by atoms with Crippen LogP contribution in [0.3, 0.4) is 0 Å². The smallest absolute Gasteiger partial charge is 0.271 e. The van der Waals surface area contributed by atoms with E-state index in [1.165, 1.54) is 0 Å². The number of nitrogens with zero attached hydrogens (tertiary/aromatic N) is 1. The summed E-state index contributed by atoms with van der Waals surface area (Å²) in [5, 5.41) is 3.99. The Kier molecular flexibility index (Phi) is 7.50. The molecule has 0 aliphatic rings. The fourth-order valence-corrected chi connectivity index (χ4v) is 2.08. The Morgan fingerprint density at radius 1 is 1.00 bits per heavy atom. The van der Waals surface area contributed by atoms with Crippen LogP contribution in [0.4, 0.5) is 0 Å². The number of carbonyl (C=O) groups excluding carboxylic acids is 1. The number of ether oxygens (including phenoxy) is 2.